The van der Waals surface area contributed by atoms with Crippen molar-refractivity contribution in [1.29, 1.82) is 0 Å². The van der Waals surface area contributed by atoms with Crippen LogP contribution in [0.4, 0.5) is 0 Å². The standard InChI is InChI=1S/C24H21NO3S/c26-24-15-23(29-25-24)16-9-11-18(12-10-16)28-22-14-13-20-19(22)7-4-8-21(20)27-17-5-2-1-3-6-17/h1-12,22-23H,13-15H2,(H,25,26)/t22-,23?/m1/s1. The zero-order chi connectivity index (χ0) is 19.6. The molecule has 1 aliphatic carbocycles. The van der Waals surface area contributed by atoms with Crippen LogP contribution in [0.3, 0.4) is 0 Å². The van der Waals surface area contributed by atoms with Gasteiger partial charge >= 0.3 is 0 Å². The van der Waals surface area contributed by atoms with Crippen LogP contribution in [0.2, 0.25) is 0 Å². The summed E-state index contributed by atoms with van der Waals surface area (Å²) in [5, 5.41) is 0.182. The average molecular weight is 404 g/mol. The van der Waals surface area contributed by atoms with Crippen molar-refractivity contribution < 1.29 is 14.3 Å². The number of ether oxygens (including phenoxy) is 2. The molecule has 1 amide bonds. The van der Waals surface area contributed by atoms with E-state index in [0.29, 0.717) is 6.42 Å². The topological polar surface area (TPSA) is 47.6 Å². The zero-order valence-corrected chi connectivity index (χ0v) is 16.7. The molecule has 1 aliphatic heterocycles. The lowest BCUT2D eigenvalue weighted by molar-refractivity contribution is -0.118. The zero-order valence-electron chi connectivity index (χ0n) is 15.8. The van der Waals surface area contributed by atoms with E-state index in [9.17, 15) is 4.79 Å². The molecule has 5 heteroatoms. The highest BCUT2D eigenvalue weighted by molar-refractivity contribution is 7.98. The number of carbonyl (C=O) groups is 1. The van der Waals surface area contributed by atoms with Crippen LogP contribution in [0.5, 0.6) is 17.2 Å². The average Bonchev–Trinajstić information content (AvgIpc) is 3.37. The van der Waals surface area contributed by atoms with E-state index >= 15 is 0 Å². The van der Waals surface area contributed by atoms with Crippen molar-refractivity contribution in [3.63, 3.8) is 0 Å². The SMILES string of the molecule is O=C1CC(c2ccc(O[C@@H]3CCc4c(Oc5ccccc5)cccc43)cc2)SN1. The summed E-state index contributed by atoms with van der Waals surface area (Å²) in [4.78, 5) is 11.4. The quantitative estimate of drug-likeness (QED) is 0.551. The number of amides is 1. The van der Waals surface area contributed by atoms with Crippen LogP contribution in [0, 0.1) is 0 Å². The van der Waals surface area contributed by atoms with E-state index in [0.717, 1.165) is 35.7 Å². The summed E-state index contributed by atoms with van der Waals surface area (Å²) in [5.41, 5.74) is 3.57. The lowest BCUT2D eigenvalue weighted by Crippen LogP contribution is -2.05. The summed E-state index contributed by atoms with van der Waals surface area (Å²) >= 11 is 1.48. The molecule has 1 unspecified atom stereocenters. The minimum atomic E-state index is 0.0271. The molecule has 0 radical (unpaired) electrons. The van der Waals surface area contributed by atoms with E-state index in [1.165, 1.54) is 23.1 Å². The van der Waals surface area contributed by atoms with Crippen LogP contribution < -0.4 is 14.2 Å². The molecule has 2 atom stereocenters. The van der Waals surface area contributed by atoms with Crippen LogP contribution in [0.25, 0.3) is 0 Å². The molecular weight excluding hydrogens is 382 g/mol. The maximum atomic E-state index is 11.4. The van der Waals surface area contributed by atoms with E-state index in [4.69, 9.17) is 9.47 Å². The first-order valence-electron chi connectivity index (χ1n) is 9.82. The fourth-order valence-electron chi connectivity index (χ4n) is 3.92. The molecule has 5 rings (SSSR count). The van der Waals surface area contributed by atoms with Crippen LogP contribution in [-0.2, 0) is 11.2 Å². The van der Waals surface area contributed by atoms with Crippen LogP contribution in [0.1, 0.15) is 40.9 Å². The van der Waals surface area contributed by atoms with Gasteiger partial charge in [-0.2, -0.15) is 0 Å². The summed E-state index contributed by atoms with van der Waals surface area (Å²) in [5.74, 6) is 2.70. The molecule has 3 aromatic carbocycles. The van der Waals surface area contributed by atoms with Gasteiger partial charge in [-0.15, -0.1) is 0 Å². The second kappa shape index (κ2) is 7.84. The Morgan fingerprint density at radius 2 is 1.72 bits per heavy atom. The number of benzene rings is 3. The van der Waals surface area contributed by atoms with Crippen LogP contribution in [-0.4, -0.2) is 5.91 Å². The lowest BCUT2D eigenvalue weighted by atomic mass is 10.1. The molecule has 0 spiro atoms. The molecule has 1 fully saturated rings. The van der Waals surface area contributed by atoms with E-state index in [1.54, 1.807) is 0 Å². The first kappa shape index (κ1) is 18.1. The van der Waals surface area contributed by atoms with E-state index in [-0.39, 0.29) is 17.3 Å². The Morgan fingerprint density at radius 3 is 2.48 bits per heavy atom. The molecule has 2 aliphatic rings. The summed E-state index contributed by atoms with van der Waals surface area (Å²) < 4.78 is 15.2. The smallest absolute Gasteiger partial charge is 0.231 e. The maximum Gasteiger partial charge on any atom is 0.231 e. The molecule has 1 N–H and O–H groups in total. The van der Waals surface area contributed by atoms with Gasteiger partial charge in [0.1, 0.15) is 23.4 Å². The monoisotopic (exact) mass is 403 g/mol. The van der Waals surface area contributed by atoms with Gasteiger partial charge in [0.2, 0.25) is 5.91 Å². The first-order valence-corrected chi connectivity index (χ1v) is 10.7. The Bertz CT molecular complexity index is 1020. The number of fused-ring (bicyclic) bond motifs is 1. The third kappa shape index (κ3) is 3.83. The highest BCUT2D eigenvalue weighted by Crippen LogP contribution is 2.41. The van der Waals surface area contributed by atoms with Gasteiger partial charge in [-0.3, -0.25) is 9.52 Å². The normalized spacial score (nSPS) is 20.2. The van der Waals surface area contributed by atoms with E-state index in [1.807, 2.05) is 54.6 Å². The Labute approximate surface area is 174 Å². The van der Waals surface area contributed by atoms with Gasteiger partial charge in [0.25, 0.3) is 0 Å². The molecular formula is C24H21NO3S. The summed E-state index contributed by atoms with van der Waals surface area (Å²) in [6, 6.07) is 24.2. The van der Waals surface area contributed by atoms with Crippen molar-refractivity contribution in [3.05, 3.63) is 89.5 Å². The van der Waals surface area contributed by atoms with Crippen molar-refractivity contribution in [1.82, 2.24) is 4.72 Å². The summed E-state index contributed by atoms with van der Waals surface area (Å²) in [7, 11) is 0. The molecule has 29 heavy (non-hydrogen) atoms. The maximum absolute atomic E-state index is 11.4. The number of hydrogen-bond acceptors (Lipinski definition) is 4. The van der Waals surface area contributed by atoms with Crippen molar-refractivity contribution in [2.45, 2.75) is 30.6 Å². The van der Waals surface area contributed by atoms with Crippen LogP contribution >= 0.6 is 11.9 Å². The van der Waals surface area contributed by atoms with Crippen molar-refractivity contribution in [2.75, 3.05) is 0 Å². The van der Waals surface area contributed by atoms with Crippen molar-refractivity contribution in [3.8, 4) is 17.2 Å². The minimum Gasteiger partial charge on any atom is -0.486 e. The van der Waals surface area contributed by atoms with Gasteiger partial charge in [0.05, 0.1) is 5.25 Å². The number of rotatable bonds is 5. The second-order valence-electron chi connectivity index (χ2n) is 7.29. The van der Waals surface area contributed by atoms with Gasteiger partial charge in [-0.05, 0) is 66.2 Å². The number of carbonyl (C=O) groups excluding carboxylic acids is 1. The molecule has 1 saturated heterocycles. The summed E-state index contributed by atoms with van der Waals surface area (Å²) in [6.45, 7) is 0. The second-order valence-corrected chi connectivity index (χ2v) is 8.30. The van der Waals surface area contributed by atoms with Crippen molar-refractivity contribution >= 4 is 17.9 Å². The predicted octanol–water partition coefficient (Wildman–Crippen LogP) is 5.75. The van der Waals surface area contributed by atoms with Gasteiger partial charge < -0.3 is 9.47 Å². The Hall–Kier alpha value is -2.92. The Morgan fingerprint density at radius 1 is 0.897 bits per heavy atom. The number of para-hydroxylation sites is 1. The third-order valence-electron chi connectivity index (χ3n) is 5.36. The Kier molecular flexibility index (Phi) is 4.90. The van der Waals surface area contributed by atoms with Crippen LogP contribution in [0.15, 0.2) is 72.8 Å². The van der Waals surface area contributed by atoms with Gasteiger partial charge in [-0.1, -0.05) is 42.5 Å². The summed E-state index contributed by atoms with van der Waals surface area (Å²) in [6.07, 6.45) is 2.43. The molecule has 4 nitrogen and oxygen atoms in total. The molecule has 0 bridgehead atoms. The number of nitrogens with one attached hydrogen (secondary N) is 1. The first-order chi connectivity index (χ1) is 14.3. The Balaban J connectivity index is 1.31. The van der Waals surface area contributed by atoms with Gasteiger partial charge in [-0.25, -0.2) is 0 Å². The molecule has 0 saturated carbocycles. The van der Waals surface area contributed by atoms with Crippen molar-refractivity contribution in [2.24, 2.45) is 0 Å². The molecule has 3 aromatic rings. The molecule has 146 valence electrons. The highest BCUT2D eigenvalue weighted by atomic mass is 32.2. The van der Waals surface area contributed by atoms with E-state index < -0.39 is 0 Å². The minimum absolute atomic E-state index is 0.0271. The number of hydrogen-bond donors (Lipinski definition) is 1. The lowest BCUT2D eigenvalue weighted by Gasteiger charge is -2.16. The molecule has 0 aromatic heterocycles. The van der Waals surface area contributed by atoms with E-state index in [2.05, 4.69) is 22.9 Å². The van der Waals surface area contributed by atoms with Gasteiger partial charge in [0.15, 0.2) is 0 Å². The third-order valence-corrected chi connectivity index (χ3v) is 6.43. The fraction of sp³-hybridized carbons (Fsp3) is 0.208. The largest absolute Gasteiger partial charge is 0.486 e. The van der Waals surface area contributed by atoms with Gasteiger partial charge in [0, 0.05) is 12.0 Å². The fourth-order valence-corrected chi connectivity index (χ4v) is 4.80. The highest BCUT2D eigenvalue weighted by Gasteiger charge is 2.28. The predicted molar refractivity (Wildman–Crippen MR) is 114 cm³/mol. The molecule has 1 heterocycles.